The lowest BCUT2D eigenvalue weighted by Gasteiger charge is -2.26. The molecule has 0 unspecified atom stereocenters. The van der Waals surface area contributed by atoms with Gasteiger partial charge in [0.05, 0.1) is 23.7 Å². The first-order chi connectivity index (χ1) is 15.4. The number of carbonyl (C=O) groups is 2. The number of fused-ring (bicyclic) bond motifs is 1. The smallest absolute Gasteiger partial charge is 0.339 e. The normalized spacial score (nSPS) is 14.8. The number of sulfonamides is 1. The first-order valence-electron chi connectivity index (χ1n) is 10.1. The molecule has 1 aliphatic heterocycles. The third kappa shape index (κ3) is 4.80. The van der Waals surface area contributed by atoms with Crippen molar-refractivity contribution in [2.45, 2.75) is 4.90 Å². The Hall–Kier alpha value is -3.27. The molecule has 0 radical (unpaired) electrons. The maximum atomic E-state index is 12.8. The van der Waals surface area contributed by atoms with Gasteiger partial charge in [0.1, 0.15) is 0 Å². The van der Waals surface area contributed by atoms with Gasteiger partial charge in [0.15, 0.2) is 6.61 Å². The summed E-state index contributed by atoms with van der Waals surface area (Å²) in [7, 11) is -3.69. The first-order valence-corrected chi connectivity index (χ1v) is 11.5. The molecule has 1 fully saturated rings. The van der Waals surface area contributed by atoms with E-state index in [0.717, 1.165) is 10.8 Å². The summed E-state index contributed by atoms with van der Waals surface area (Å²) in [5.74, 6) is -1.18. The molecule has 8 nitrogen and oxygen atoms in total. The molecule has 0 aromatic heterocycles. The van der Waals surface area contributed by atoms with Crippen LogP contribution in [0.5, 0.6) is 0 Å². The minimum Gasteiger partial charge on any atom is -0.452 e. The van der Waals surface area contributed by atoms with Crippen molar-refractivity contribution in [2.75, 3.05) is 38.2 Å². The van der Waals surface area contributed by atoms with Crippen LogP contribution in [0.2, 0.25) is 0 Å². The predicted octanol–water partition coefficient (Wildman–Crippen LogP) is 2.66. The molecular formula is C23H22N2O6S. The highest BCUT2D eigenvalue weighted by molar-refractivity contribution is 7.89. The summed E-state index contributed by atoms with van der Waals surface area (Å²) in [6, 6.07) is 18.6. The van der Waals surface area contributed by atoms with Crippen LogP contribution in [0.25, 0.3) is 10.8 Å². The van der Waals surface area contributed by atoms with Gasteiger partial charge in [-0.25, -0.2) is 13.2 Å². The Kier molecular flexibility index (Phi) is 6.50. The molecule has 0 atom stereocenters. The Bertz CT molecular complexity index is 1250. The second-order valence-corrected chi connectivity index (χ2v) is 9.13. The molecule has 1 saturated heterocycles. The number of anilines is 1. The maximum absolute atomic E-state index is 12.8. The van der Waals surface area contributed by atoms with Crippen molar-refractivity contribution in [1.29, 1.82) is 0 Å². The van der Waals surface area contributed by atoms with Crippen LogP contribution in [-0.2, 0) is 24.3 Å². The molecule has 1 N–H and O–H groups in total. The molecule has 9 heteroatoms. The number of hydrogen-bond acceptors (Lipinski definition) is 6. The number of morpholine rings is 1. The second kappa shape index (κ2) is 9.47. The molecule has 1 aliphatic rings. The molecule has 4 rings (SSSR count). The zero-order chi connectivity index (χ0) is 22.6. The van der Waals surface area contributed by atoms with Crippen molar-refractivity contribution >= 4 is 38.4 Å². The number of amides is 1. The molecule has 1 heterocycles. The van der Waals surface area contributed by atoms with Crippen LogP contribution in [-0.4, -0.2) is 57.5 Å². The van der Waals surface area contributed by atoms with E-state index in [-0.39, 0.29) is 18.0 Å². The van der Waals surface area contributed by atoms with E-state index < -0.39 is 28.5 Å². The van der Waals surface area contributed by atoms with Crippen molar-refractivity contribution in [3.05, 3.63) is 72.3 Å². The number of carbonyl (C=O) groups excluding carboxylic acids is 2. The van der Waals surface area contributed by atoms with Crippen molar-refractivity contribution in [3.63, 3.8) is 0 Å². The average molecular weight is 455 g/mol. The number of benzene rings is 3. The Balaban J connectivity index is 1.40. The van der Waals surface area contributed by atoms with E-state index in [9.17, 15) is 18.0 Å². The highest BCUT2D eigenvalue weighted by Gasteiger charge is 2.26. The summed E-state index contributed by atoms with van der Waals surface area (Å²) in [6.45, 7) is 0.754. The van der Waals surface area contributed by atoms with E-state index in [4.69, 9.17) is 9.47 Å². The average Bonchev–Trinajstić information content (AvgIpc) is 2.83. The molecule has 0 bridgehead atoms. The molecule has 3 aromatic rings. The Morgan fingerprint density at radius 1 is 0.969 bits per heavy atom. The van der Waals surface area contributed by atoms with Crippen LogP contribution in [0.15, 0.2) is 71.6 Å². The lowest BCUT2D eigenvalue weighted by Crippen LogP contribution is -2.40. The summed E-state index contributed by atoms with van der Waals surface area (Å²) in [4.78, 5) is 24.9. The third-order valence-corrected chi connectivity index (χ3v) is 6.96. The van der Waals surface area contributed by atoms with Gasteiger partial charge in [0.2, 0.25) is 10.0 Å². The van der Waals surface area contributed by atoms with Crippen LogP contribution >= 0.6 is 0 Å². The molecule has 0 aliphatic carbocycles. The van der Waals surface area contributed by atoms with E-state index in [1.165, 1.54) is 16.4 Å². The predicted molar refractivity (Wildman–Crippen MR) is 119 cm³/mol. The van der Waals surface area contributed by atoms with Gasteiger partial charge in [0, 0.05) is 18.8 Å². The monoisotopic (exact) mass is 454 g/mol. The van der Waals surface area contributed by atoms with Gasteiger partial charge in [-0.15, -0.1) is 0 Å². The molecule has 166 valence electrons. The number of hydrogen-bond donors (Lipinski definition) is 1. The van der Waals surface area contributed by atoms with Crippen LogP contribution < -0.4 is 5.32 Å². The molecule has 0 saturated carbocycles. The lowest BCUT2D eigenvalue weighted by molar-refractivity contribution is -0.119. The van der Waals surface area contributed by atoms with Crippen LogP contribution in [0, 0.1) is 0 Å². The molecule has 32 heavy (non-hydrogen) atoms. The fourth-order valence-corrected chi connectivity index (χ4v) is 4.93. The van der Waals surface area contributed by atoms with E-state index in [2.05, 4.69) is 5.32 Å². The van der Waals surface area contributed by atoms with Crippen molar-refractivity contribution in [1.82, 2.24) is 4.31 Å². The number of nitrogens with zero attached hydrogens (tertiary/aromatic N) is 1. The first kappa shape index (κ1) is 21.9. The van der Waals surface area contributed by atoms with E-state index >= 15 is 0 Å². The van der Waals surface area contributed by atoms with Gasteiger partial charge < -0.3 is 14.8 Å². The Morgan fingerprint density at radius 3 is 2.50 bits per heavy atom. The maximum Gasteiger partial charge on any atom is 0.339 e. The highest BCUT2D eigenvalue weighted by atomic mass is 32.2. The van der Waals surface area contributed by atoms with Gasteiger partial charge in [0.25, 0.3) is 5.91 Å². The molecule has 3 aromatic carbocycles. The van der Waals surface area contributed by atoms with Crippen LogP contribution in [0.1, 0.15) is 10.4 Å². The van der Waals surface area contributed by atoms with Gasteiger partial charge >= 0.3 is 5.97 Å². The minimum atomic E-state index is -3.69. The summed E-state index contributed by atoms with van der Waals surface area (Å²) in [5, 5.41) is 4.21. The molecular weight excluding hydrogens is 432 g/mol. The summed E-state index contributed by atoms with van der Waals surface area (Å²) >= 11 is 0. The Morgan fingerprint density at radius 2 is 1.69 bits per heavy atom. The fraction of sp³-hybridized carbons (Fsp3) is 0.217. The molecule has 0 spiro atoms. The van der Waals surface area contributed by atoms with Crippen molar-refractivity contribution in [3.8, 4) is 0 Å². The van der Waals surface area contributed by atoms with Gasteiger partial charge in [-0.2, -0.15) is 4.31 Å². The van der Waals surface area contributed by atoms with Gasteiger partial charge in [-0.1, -0.05) is 42.5 Å². The summed E-state index contributed by atoms with van der Waals surface area (Å²) in [6.07, 6.45) is 0. The summed E-state index contributed by atoms with van der Waals surface area (Å²) in [5.41, 5.74) is 0.667. The number of esters is 1. The Labute approximate surface area is 185 Å². The quantitative estimate of drug-likeness (QED) is 0.575. The SMILES string of the molecule is O=C(COC(=O)c1cccc2ccccc12)Nc1cccc(S(=O)(=O)N2CCOCC2)c1. The largest absolute Gasteiger partial charge is 0.452 e. The van der Waals surface area contributed by atoms with Crippen molar-refractivity contribution < 1.29 is 27.5 Å². The van der Waals surface area contributed by atoms with E-state index in [1.54, 1.807) is 24.3 Å². The van der Waals surface area contributed by atoms with Gasteiger partial charge in [-0.3, -0.25) is 4.79 Å². The topological polar surface area (TPSA) is 102 Å². The van der Waals surface area contributed by atoms with Gasteiger partial charge in [-0.05, 0) is 35.0 Å². The zero-order valence-corrected chi connectivity index (χ0v) is 18.0. The van der Waals surface area contributed by atoms with Crippen LogP contribution in [0.3, 0.4) is 0 Å². The fourth-order valence-electron chi connectivity index (χ4n) is 3.48. The number of ether oxygens (including phenoxy) is 2. The third-order valence-electron chi connectivity index (χ3n) is 5.07. The highest BCUT2D eigenvalue weighted by Crippen LogP contribution is 2.21. The summed E-state index contributed by atoms with van der Waals surface area (Å²) < 4.78 is 37.3. The molecule has 1 amide bonds. The number of nitrogens with one attached hydrogen (secondary N) is 1. The zero-order valence-electron chi connectivity index (χ0n) is 17.2. The van der Waals surface area contributed by atoms with Crippen molar-refractivity contribution in [2.24, 2.45) is 0 Å². The lowest BCUT2D eigenvalue weighted by atomic mass is 10.1. The van der Waals surface area contributed by atoms with Crippen LogP contribution in [0.4, 0.5) is 5.69 Å². The number of rotatable bonds is 6. The standard InChI is InChI=1S/C23H22N2O6S/c26-22(16-31-23(27)21-10-3-6-17-5-1-2-9-20(17)21)24-18-7-4-8-19(15-18)32(28,29)25-11-13-30-14-12-25/h1-10,15H,11-14,16H2,(H,24,26). The minimum absolute atomic E-state index is 0.0740. The van der Waals surface area contributed by atoms with E-state index in [1.807, 2.05) is 30.3 Å². The van der Waals surface area contributed by atoms with E-state index in [0.29, 0.717) is 24.5 Å². The second-order valence-electron chi connectivity index (χ2n) is 7.20.